The standard InChI is InChI=1S/C9H13Cl2N3/c1-3-4-14(2)9-7(11)5-6(10)8(12)13-9/h5H,3-4H2,1-2H3,(H2,12,13). The largest absolute Gasteiger partial charge is 0.382 e. The van der Waals surface area contributed by atoms with Crippen molar-refractivity contribution in [1.29, 1.82) is 0 Å². The number of hydrogen-bond donors (Lipinski definition) is 1. The van der Waals surface area contributed by atoms with E-state index in [1.54, 1.807) is 6.07 Å². The van der Waals surface area contributed by atoms with E-state index < -0.39 is 0 Å². The Bertz CT molecular complexity index is 328. The second kappa shape index (κ2) is 4.71. The van der Waals surface area contributed by atoms with Crippen LogP contribution in [0.2, 0.25) is 10.0 Å². The van der Waals surface area contributed by atoms with Gasteiger partial charge in [-0.05, 0) is 12.5 Å². The van der Waals surface area contributed by atoms with Crippen LogP contribution in [0.3, 0.4) is 0 Å². The van der Waals surface area contributed by atoms with E-state index in [4.69, 9.17) is 28.9 Å². The smallest absolute Gasteiger partial charge is 0.149 e. The number of halogens is 2. The average molecular weight is 234 g/mol. The highest BCUT2D eigenvalue weighted by Gasteiger charge is 2.10. The first-order valence-electron chi connectivity index (χ1n) is 4.39. The van der Waals surface area contributed by atoms with Gasteiger partial charge >= 0.3 is 0 Å². The summed E-state index contributed by atoms with van der Waals surface area (Å²) in [6, 6.07) is 1.62. The van der Waals surface area contributed by atoms with E-state index >= 15 is 0 Å². The molecule has 0 aliphatic rings. The fraction of sp³-hybridized carbons (Fsp3) is 0.444. The highest BCUT2D eigenvalue weighted by molar-refractivity contribution is 6.37. The molecule has 0 saturated heterocycles. The van der Waals surface area contributed by atoms with E-state index in [1.807, 2.05) is 11.9 Å². The number of nitrogen functional groups attached to an aromatic ring is 1. The summed E-state index contributed by atoms with van der Waals surface area (Å²) in [6.07, 6.45) is 1.02. The molecule has 78 valence electrons. The number of nitrogens with two attached hydrogens (primary N) is 1. The number of rotatable bonds is 3. The minimum absolute atomic E-state index is 0.314. The molecule has 2 N–H and O–H groups in total. The van der Waals surface area contributed by atoms with Crippen molar-refractivity contribution in [3.63, 3.8) is 0 Å². The quantitative estimate of drug-likeness (QED) is 0.874. The molecule has 1 aromatic rings. The molecule has 0 aliphatic heterocycles. The Morgan fingerprint density at radius 1 is 1.43 bits per heavy atom. The summed E-state index contributed by atoms with van der Waals surface area (Å²) in [6.45, 7) is 2.97. The van der Waals surface area contributed by atoms with Crippen molar-refractivity contribution in [2.75, 3.05) is 24.2 Å². The third-order valence-corrected chi connectivity index (χ3v) is 2.44. The molecule has 5 heteroatoms. The average Bonchev–Trinajstić information content (AvgIpc) is 2.11. The molecule has 0 aliphatic carbocycles. The summed E-state index contributed by atoms with van der Waals surface area (Å²) in [4.78, 5) is 6.08. The van der Waals surface area contributed by atoms with Crippen LogP contribution in [0.1, 0.15) is 13.3 Å². The van der Waals surface area contributed by atoms with E-state index in [-0.39, 0.29) is 0 Å². The van der Waals surface area contributed by atoms with Crippen LogP contribution in [0.5, 0.6) is 0 Å². The van der Waals surface area contributed by atoms with Crippen molar-refractivity contribution in [1.82, 2.24) is 4.98 Å². The molecule has 1 heterocycles. The Labute approximate surface area is 93.8 Å². The van der Waals surface area contributed by atoms with E-state index in [9.17, 15) is 0 Å². The molecule has 0 radical (unpaired) electrons. The highest BCUT2D eigenvalue weighted by atomic mass is 35.5. The Morgan fingerprint density at radius 3 is 2.64 bits per heavy atom. The molecule has 0 bridgehead atoms. The van der Waals surface area contributed by atoms with Gasteiger partial charge in [0.25, 0.3) is 0 Å². The van der Waals surface area contributed by atoms with Crippen molar-refractivity contribution in [2.24, 2.45) is 0 Å². The van der Waals surface area contributed by atoms with Crippen LogP contribution in [0.25, 0.3) is 0 Å². The van der Waals surface area contributed by atoms with Gasteiger partial charge in [0.15, 0.2) is 0 Å². The maximum Gasteiger partial charge on any atom is 0.149 e. The van der Waals surface area contributed by atoms with Gasteiger partial charge in [-0.1, -0.05) is 30.1 Å². The minimum Gasteiger partial charge on any atom is -0.382 e. The Hall–Kier alpha value is -0.670. The first-order chi connectivity index (χ1) is 6.56. The fourth-order valence-corrected chi connectivity index (χ4v) is 1.68. The van der Waals surface area contributed by atoms with Crippen LogP contribution in [0, 0.1) is 0 Å². The summed E-state index contributed by atoms with van der Waals surface area (Å²) in [7, 11) is 1.92. The van der Waals surface area contributed by atoms with Crippen molar-refractivity contribution in [3.05, 3.63) is 16.1 Å². The Kier molecular flexibility index (Phi) is 3.84. The number of pyridine rings is 1. The van der Waals surface area contributed by atoms with E-state index in [1.165, 1.54) is 0 Å². The van der Waals surface area contributed by atoms with E-state index in [0.717, 1.165) is 13.0 Å². The summed E-state index contributed by atoms with van der Waals surface area (Å²) < 4.78 is 0. The third kappa shape index (κ3) is 2.42. The summed E-state index contributed by atoms with van der Waals surface area (Å²) in [5.41, 5.74) is 5.60. The van der Waals surface area contributed by atoms with Crippen LogP contribution in [0.15, 0.2) is 6.07 Å². The SMILES string of the molecule is CCCN(C)c1nc(N)c(Cl)cc1Cl. The van der Waals surface area contributed by atoms with Gasteiger partial charge in [0.2, 0.25) is 0 Å². The Morgan fingerprint density at radius 2 is 2.07 bits per heavy atom. The number of anilines is 2. The van der Waals surface area contributed by atoms with Gasteiger partial charge in [-0.15, -0.1) is 0 Å². The summed E-state index contributed by atoms with van der Waals surface area (Å²) >= 11 is 11.8. The molecule has 0 unspecified atom stereocenters. The van der Waals surface area contributed by atoms with Gasteiger partial charge in [-0.25, -0.2) is 4.98 Å². The monoisotopic (exact) mass is 233 g/mol. The molecule has 0 aromatic carbocycles. The van der Waals surface area contributed by atoms with Crippen LogP contribution in [0.4, 0.5) is 11.6 Å². The molecule has 1 aromatic heterocycles. The molecule has 0 amide bonds. The predicted octanol–water partition coefficient (Wildman–Crippen LogP) is 2.82. The van der Waals surface area contributed by atoms with Crippen LogP contribution in [-0.2, 0) is 0 Å². The van der Waals surface area contributed by atoms with Gasteiger partial charge in [0, 0.05) is 13.6 Å². The fourth-order valence-electron chi connectivity index (χ4n) is 1.18. The maximum atomic E-state index is 5.99. The lowest BCUT2D eigenvalue weighted by atomic mass is 10.4. The van der Waals surface area contributed by atoms with Crippen molar-refractivity contribution in [2.45, 2.75) is 13.3 Å². The van der Waals surface area contributed by atoms with Gasteiger partial charge in [0.05, 0.1) is 10.0 Å². The maximum absolute atomic E-state index is 5.99. The second-order valence-corrected chi connectivity index (χ2v) is 3.90. The zero-order valence-electron chi connectivity index (χ0n) is 8.22. The molecule has 3 nitrogen and oxygen atoms in total. The topological polar surface area (TPSA) is 42.2 Å². The van der Waals surface area contributed by atoms with Gasteiger partial charge < -0.3 is 10.6 Å². The Balaban J connectivity index is 3.02. The molecule has 1 rings (SSSR count). The lowest BCUT2D eigenvalue weighted by Crippen LogP contribution is -2.19. The zero-order chi connectivity index (χ0) is 10.7. The normalized spacial score (nSPS) is 10.3. The molecular formula is C9H13Cl2N3. The molecule has 0 spiro atoms. The molecule has 14 heavy (non-hydrogen) atoms. The van der Waals surface area contributed by atoms with Gasteiger partial charge in [-0.3, -0.25) is 0 Å². The minimum atomic E-state index is 0.314. The number of nitrogens with zero attached hydrogens (tertiary/aromatic N) is 2. The lowest BCUT2D eigenvalue weighted by Gasteiger charge is -2.18. The summed E-state index contributed by atoms with van der Waals surface area (Å²) in [5, 5.41) is 0.920. The molecule has 0 atom stereocenters. The second-order valence-electron chi connectivity index (χ2n) is 3.08. The zero-order valence-corrected chi connectivity index (χ0v) is 9.73. The summed E-state index contributed by atoms with van der Waals surface area (Å²) in [5.74, 6) is 0.990. The number of aromatic nitrogens is 1. The predicted molar refractivity (Wildman–Crippen MR) is 62.2 cm³/mol. The first-order valence-corrected chi connectivity index (χ1v) is 5.14. The lowest BCUT2D eigenvalue weighted by molar-refractivity contribution is 0.839. The first kappa shape index (κ1) is 11.4. The highest BCUT2D eigenvalue weighted by Crippen LogP contribution is 2.29. The van der Waals surface area contributed by atoms with Crippen molar-refractivity contribution >= 4 is 34.8 Å². The van der Waals surface area contributed by atoms with Crippen molar-refractivity contribution in [3.8, 4) is 0 Å². The van der Waals surface area contributed by atoms with Crippen LogP contribution < -0.4 is 10.6 Å². The molecule has 0 fully saturated rings. The number of hydrogen-bond acceptors (Lipinski definition) is 3. The van der Waals surface area contributed by atoms with Gasteiger partial charge in [0.1, 0.15) is 11.6 Å². The molecular weight excluding hydrogens is 221 g/mol. The van der Waals surface area contributed by atoms with E-state index in [2.05, 4.69) is 11.9 Å². The van der Waals surface area contributed by atoms with Crippen LogP contribution in [-0.4, -0.2) is 18.6 Å². The molecule has 0 saturated carbocycles. The van der Waals surface area contributed by atoms with E-state index in [0.29, 0.717) is 21.7 Å². The van der Waals surface area contributed by atoms with Gasteiger partial charge in [-0.2, -0.15) is 0 Å². The third-order valence-electron chi connectivity index (χ3n) is 1.86. The van der Waals surface area contributed by atoms with Crippen LogP contribution >= 0.6 is 23.2 Å². The van der Waals surface area contributed by atoms with Crippen molar-refractivity contribution < 1.29 is 0 Å².